The number of benzene rings is 1. The van der Waals surface area contributed by atoms with Crippen LogP contribution in [0.4, 0.5) is 0 Å². The second kappa shape index (κ2) is 5.09. The highest BCUT2D eigenvalue weighted by Gasteiger charge is 2.17. The van der Waals surface area contributed by atoms with Crippen LogP contribution < -0.4 is 5.32 Å². The van der Waals surface area contributed by atoms with Crippen LogP contribution >= 0.6 is 11.6 Å². The Labute approximate surface area is 99.0 Å². The molecule has 0 saturated heterocycles. The molecule has 1 aromatic carbocycles. The van der Waals surface area contributed by atoms with E-state index in [0.717, 1.165) is 22.8 Å². The maximum absolute atomic E-state index is 6.17. The summed E-state index contributed by atoms with van der Waals surface area (Å²) in [5.41, 5.74) is 1.86. The molecule has 0 aliphatic heterocycles. The molecule has 2 rings (SSSR count). The van der Waals surface area contributed by atoms with Crippen LogP contribution in [-0.2, 0) is 0 Å². The van der Waals surface area contributed by atoms with Gasteiger partial charge in [0.2, 0.25) is 0 Å². The average Bonchev–Trinajstić information content (AvgIpc) is 2.80. The van der Waals surface area contributed by atoms with Crippen LogP contribution in [0.3, 0.4) is 0 Å². The van der Waals surface area contributed by atoms with E-state index >= 15 is 0 Å². The number of halogens is 1. The van der Waals surface area contributed by atoms with Crippen molar-refractivity contribution in [2.24, 2.45) is 0 Å². The standard InChI is InChI=1S/C11H13ClN4/c1-2-13-11(10-7-14-16-15-10)8-5-3-4-6-9(8)12/h3-7,11,13H,2H2,1H3,(H,14,15,16). The number of rotatable bonds is 4. The van der Waals surface area contributed by atoms with Crippen LogP contribution in [0.5, 0.6) is 0 Å². The molecule has 0 radical (unpaired) electrons. The summed E-state index contributed by atoms with van der Waals surface area (Å²) in [5.74, 6) is 0. The van der Waals surface area contributed by atoms with Gasteiger partial charge in [0, 0.05) is 5.02 Å². The predicted molar refractivity (Wildman–Crippen MR) is 63.4 cm³/mol. The third-order valence-electron chi connectivity index (χ3n) is 2.35. The lowest BCUT2D eigenvalue weighted by Gasteiger charge is -2.16. The van der Waals surface area contributed by atoms with Gasteiger partial charge in [-0.15, -0.1) is 0 Å². The molecular formula is C11H13ClN4. The van der Waals surface area contributed by atoms with Gasteiger partial charge in [-0.3, -0.25) is 0 Å². The Morgan fingerprint density at radius 3 is 2.88 bits per heavy atom. The summed E-state index contributed by atoms with van der Waals surface area (Å²) in [5, 5.41) is 14.6. The van der Waals surface area contributed by atoms with Gasteiger partial charge in [-0.2, -0.15) is 15.4 Å². The topological polar surface area (TPSA) is 53.6 Å². The van der Waals surface area contributed by atoms with Crippen molar-refractivity contribution in [3.8, 4) is 0 Å². The van der Waals surface area contributed by atoms with Crippen molar-refractivity contribution in [2.75, 3.05) is 6.54 Å². The third-order valence-corrected chi connectivity index (χ3v) is 2.70. The molecule has 4 nitrogen and oxygen atoms in total. The molecular weight excluding hydrogens is 224 g/mol. The minimum atomic E-state index is -0.0163. The van der Waals surface area contributed by atoms with Crippen LogP contribution in [0.15, 0.2) is 30.5 Å². The molecule has 2 aromatic rings. The number of aromatic nitrogens is 3. The fourth-order valence-electron chi connectivity index (χ4n) is 1.64. The number of H-pyrrole nitrogens is 1. The zero-order chi connectivity index (χ0) is 11.4. The predicted octanol–water partition coefficient (Wildman–Crippen LogP) is 2.16. The van der Waals surface area contributed by atoms with Crippen molar-refractivity contribution in [2.45, 2.75) is 13.0 Å². The lowest BCUT2D eigenvalue weighted by Crippen LogP contribution is -2.22. The maximum Gasteiger partial charge on any atom is 0.104 e. The molecule has 0 spiro atoms. The SMILES string of the molecule is CCNC(c1cn[nH]n1)c1ccccc1Cl. The Kier molecular flexibility index (Phi) is 3.54. The summed E-state index contributed by atoms with van der Waals surface area (Å²) >= 11 is 6.17. The average molecular weight is 237 g/mol. The van der Waals surface area contributed by atoms with Crippen molar-refractivity contribution in [1.82, 2.24) is 20.7 Å². The van der Waals surface area contributed by atoms with Gasteiger partial charge in [0.05, 0.1) is 12.2 Å². The molecule has 16 heavy (non-hydrogen) atoms. The smallest absolute Gasteiger partial charge is 0.104 e. The van der Waals surface area contributed by atoms with Crippen LogP contribution in [-0.4, -0.2) is 22.0 Å². The third kappa shape index (κ3) is 2.23. The van der Waals surface area contributed by atoms with Gasteiger partial charge in [-0.25, -0.2) is 0 Å². The highest BCUT2D eigenvalue weighted by Crippen LogP contribution is 2.26. The molecule has 84 valence electrons. The number of nitrogens with one attached hydrogen (secondary N) is 2. The van der Waals surface area contributed by atoms with Crippen molar-refractivity contribution in [1.29, 1.82) is 0 Å². The number of hydrogen-bond donors (Lipinski definition) is 2. The zero-order valence-corrected chi connectivity index (χ0v) is 9.70. The van der Waals surface area contributed by atoms with E-state index in [1.807, 2.05) is 31.2 Å². The Morgan fingerprint density at radius 1 is 1.44 bits per heavy atom. The minimum absolute atomic E-state index is 0.0163. The summed E-state index contributed by atoms with van der Waals surface area (Å²) in [6, 6.07) is 7.73. The first-order valence-electron chi connectivity index (χ1n) is 5.16. The van der Waals surface area contributed by atoms with E-state index in [-0.39, 0.29) is 6.04 Å². The van der Waals surface area contributed by atoms with E-state index in [1.165, 1.54) is 0 Å². The van der Waals surface area contributed by atoms with E-state index in [0.29, 0.717) is 0 Å². The highest BCUT2D eigenvalue weighted by molar-refractivity contribution is 6.31. The van der Waals surface area contributed by atoms with Crippen molar-refractivity contribution in [3.63, 3.8) is 0 Å². The zero-order valence-electron chi connectivity index (χ0n) is 8.94. The van der Waals surface area contributed by atoms with Crippen molar-refractivity contribution < 1.29 is 0 Å². The van der Waals surface area contributed by atoms with Crippen molar-refractivity contribution >= 4 is 11.6 Å². The van der Waals surface area contributed by atoms with Gasteiger partial charge in [0.15, 0.2) is 0 Å². The Bertz CT molecular complexity index is 441. The summed E-state index contributed by atoms with van der Waals surface area (Å²) in [6.45, 7) is 2.88. The molecule has 5 heteroatoms. The van der Waals surface area contributed by atoms with Gasteiger partial charge >= 0.3 is 0 Å². The second-order valence-corrected chi connectivity index (χ2v) is 3.81. The van der Waals surface area contributed by atoms with Crippen LogP contribution in [0.1, 0.15) is 24.2 Å². The van der Waals surface area contributed by atoms with Crippen LogP contribution in [0.25, 0.3) is 0 Å². The van der Waals surface area contributed by atoms with E-state index in [4.69, 9.17) is 11.6 Å². The van der Waals surface area contributed by atoms with E-state index in [1.54, 1.807) is 6.20 Å². The first-order valence-corrected chi connectivity index (χ1v) is 5.54. The first-order chi connectivity index (χ1) is 7.83. The molecule has 1 unspecified atom stereocenters. The van der Waals surface area contributed by atoms with E-state index < -0.39 is 0 Å². The molecule has 1 heterocycles. The number of aromatic amines is 1. The van der Waals surface area contributed by atoms with Gasteiger partial charge < -0.3 is 5.32 Å². The molecule has 0 amide bonds. The lowest BCUT2D eigenvalue weighted by molar-refractivity contribution is 0.613. The Hall–Kier alpha value is -1.39. The Balaban J connectivity index is 2.37. The Morgan fingerprint density at radius 2 is 2.25 bits per heavy atom. The molecule has 1 atom stereocenters. The van der Waals surface area contributed by atoms with Gasteiger partial charge in [-0.05, 0) is 18.2 Å². The summed E-state index contributed by atoms with van der Waals surface area (Å²) in [4.78, 5) is 0. The fourth-order valence-corrected chi connectivity index (χ4v) is 1.88. The largest absolute Gasteiger partial charge is 0.305 e. The first kappa shape index (κ1) is 11.1. The molecule has 0 aliphatic carbocycles. The van der Waals surface area contributed by atoms with E-state index in [2.05, 4.69) is 20.7 Å². The highest BCUT2D eigenvalue weighted by atomic mass is 35.5. The monoisotopic (exact) mass is 236 g/mol. The molecule has 0 fully saturated rings. The van der Waals surface area contributed by atoms with Gasteiger partial charge in [-0.1, -0.05) is 36.7 Å². The summed E-state index contributed by atoms with van der Waals surface area (Å²) in [6.07, 6.45) is 1.71. The number of nitrogens with zero attached hydrogens (tertiary/aromatic N) is 2. The number of hydrogen-bond acceptors (Lipinski definition) is 3. The van der Waals surface area contributed by atoms with Gasteiger partial charge in [0.25, 0.3) is 0 Å². The molecule has 0 aliphatic rings. The summed E-state index contributed by atoms with van der Waals surface area (Å²) < 4.78 is 0. The van der Waals surface area contributed by atoms with E-state index in [9.17, 15) is 0 Å². The molecule has 0 bridgehead atoms. The lowest BCUT2D eigenvalue weighted by atomic mass is 10.0. The quantitative estimate of drug-likeness (QED) is 0.856. The normalized spacial score (nSPS) is 12.6. The summed E-state index contributed by atoms with van der Waals surface area (Å²) in [7, 11) is 0. The fraction of sp³-hybridized carbons (Fsp3) is 0.273. The minimum Gasteiger partial charge on any atom is -0.305 e. The second-order valence-electron chi connectivity index (χ2n) is 3.41. The molecule has 2 N–H and O–H groups in total. The van der Waals surface area contributed by atoms with Gasteiger partial charge in [0.1, 0.15) is 5.69 Å². The van der Waals surface area contributed by atoms with Crippen LogP contribution in [0, 0.1) is 0 Å². The van der Waals surface area contributed by atoms with Crippen molar-refractivity contribution in [3.05, 3.63) is 46.7 Å². The molecule has 1 aromatic heterocycles. The maximum atomic E-state index is 6.17. The van der Waals surface area contributed by atoms with Crippen LogP contribution in [0.2, 0.25) is 5.02 Å². The molecule has 0 saturated carbocycles.